The second kappa shape index (κ2) is 7.77. The van der Waals surface area contributed by atoms with Gasteiger partial charge in [0.2, 0.25) is 0 Å². The number of rotatable bonds is 7. The quantitative estimate of drug-likeness (QED) is 0.778. The zero-order valence-electron chi connectivity index (χ0n) is 14.4. The first-order valence-electron chi connectivity index (χ1n) is 8.42. The van der Waals surface area contributed by atoms with Gasteiger partial charge in [0.1, 0.15) is 0 Å². The Morgan fingerprint density at radius 3 is 2.25 bits per heavy atom. The zero-order valence-corrected chi connectivity index (χ0v) is 14.4. The van der Waals surface area contributed by atoms with E-state index in [0.29, 0.717) is 0 Å². The van der Waals surface area contributed by atoms with Gasteiger partial charge in [-0.3, -0.25) is 4.90 Å². The summed E-state index contributed by atoms with van der Waals surface area (Å²) in [6.45, 7) is 14.7. The molecular weight excluding hydrogens is 248 g/mol. The van der Waals surface area contributed by atoms with Crippen molar-refractivity contribution in [2.24, 2.45) is 11.7 Å². The summed E-state index contributed by atoms with van der Waals surface area (Å²) in [4.78, 5) is 2.62. The van der Waals surface area contributed by atoms with Crippen LogP contribution in [0.2, 0.25) is 0 Å². The molecule has 1 saturated carbocycles. The summed E-state index contributed by atoms with van der Waals surface area (Å²) in [5, 5.41) is 0. The fourth-order valence-electron chi connectivity index (χ4n) is 3.27. The molecule has 1 fully saturated rings. The lowest BCUT2D eigenvalue weighted by molar-refractivity contribution is -0.0367. The van der Waals surface area contributed by atoms with E-state index < -0.39 is 0 Å². The Morgan fingerprint density at radius 2 is 1.80 bits per heavy atom. The minimum absolute atomic E-state index is 0.0468. The fraction of sp³-hybridized carbons (Fsp3) is 1.00. The average molecular weight is 284 g/mol. The molecule has 20 heavy (non-hydrogen) atoms. The van der Waals surface area contributed by atoms with Gasteiger partial charge >= 0.3 is 0 Å². The molecule has 1 aliphatic rings. The Morgan fingerprint density at radius 1 is 1.20 bits per heavy atom. The van der Waals surface area contributed by atoms with Crippen LogP contribution in [0.25, 0.3) is 0 Å². The van der Waals surface area contributed by atoms with E-state index in [9.17, 15) is 0 Å². The number of hydrogen-bond donors (Lipinski definition) is 1. The van der Waals surface area contributed by atoms with Crippen LogP contribution in [-0.2, 0) is 4.74 Å². The Kier molecular flexibility index (Phi) is 6.96. The summed E-state index contributed by atoms with van der Waals surface area (Å²) in [6.07, 6.45) is 6.32. The van der Waals surface area contributed by atoms with E-state index in [0.717, 1.165) is 32.2 Å². The van der Waals surface area contributed by atoms with Gasteiger partial charge in [-0.05, 0) is 65.3 Å². The van der Waals surface area contributed by atoms with Crippen LogP contribution in [0, 0.1) is 5.92 Å². The highest BCUT2D eigenvalue weighted by Crippen LogP contribution is 2.35. The summed E-state index contributed by atoms with van der Waals surface area (Å²) in [5.41, 5.74) is 6.37. The summed E-state index contributed by atoms with van der Waals surface area (Å²) in [5.74, 6) is 0.865. The van der Waals surface area contributed by atoms with Crippen LogP contribution in [0.1, 0.15) is 66.7 Å². The Bertz CT molecular complexity index is 265. The van der Waals surface area contributed by atoms with Crippen molar-refractivity contribution in [3.05, 3.63) is 0 Å². The molecule has 0 saturated heterocycles. The van der Waals surface area contributed by atoms with Crippen LogP contribution in [0.5, 0.6) is 0 Å². The lowest BCUT2D eigenvalue weighted by atomic mass is 9.76. The van der Waals surface area contributed by atoms with Crippen molar-refractivity contribution < 1.29 is 4.74 Å². The average Bonchev–Trinajstić information content (AvgIpc) is 2.38. The smallest absolute Gasteiger partial charge is 0.0600 e. The number of hydrogen-bond acceptors (Lipinski definition) is 3. The van der Waals surface area contributed by atoms with E-state index in [4.69, 9.17) is 10.5 Å². The normalized spacial score (nSPS) is 28.1. The second-order valence-electron chi connectivity index (χ2n) is 7.56. The molecule has 1 rings (SSSR count). The molecule has 0 aromatic carbocycles. The third-order valence-corrected chi connectivity index (χ3v) is 4.65. The predicted molar refractivity (Wildman–Crippen MR) is 87.0 cm³/mol. The summed E-state index contributed by atoms with van der Waals surface area (Å²) < 4.78 is 5.93. The molecule has 0 atom stereocenters. The molecule has 0 heterocycles. The molecule has 0 aromatic heterocycles. The highest BCUT2D eigenvalue weighted by atomic mass is 16.5. The van der Waals surface area contributed by atoms with Crippen molar-refractivity contribution in [2.75, 3.05) is 26.2 Å². The lowest BCUT2D eigenvalue weighted by Crippen LogP contribution is -2.57. The van der Waals surface area contributed by atoms with Crippen molar-refractivity contribution in [1.29, 1.82) is 0 Å². The summed E-state index contributed by atoms with van der Waals surface area (Å²) >= 11 is 0. The van der Waals surface area contributed by atoms with E-state index in [1.165, 1.54) is 32.1 Å². The highest BCUT2D eigenvalue weighted by molar-refractivity contribution is 4.95. The van der Waals surface area contributed by atoms with Gasteiger partial charge in [0.05, 0.1) is 12.2 Å². The summed E-state index contributed by atoms with van der Waals surface area (Å²) in [6, 6.07) is 0. The largest absolute Gasteiger partial charge is 0.375 e. The molecule has 0 spiro atoms. The monoisotopic (exact) mass is 284 g/mol. The predicted octanol–water partition coefficient (Wildman–Crippen LogP) is 3.42. The second-order valence-corrected chi connectivity index (χ2v) is 7.56. The van der Waals surface area contributed by atoms with Crippen molar-refractivity contribution in [2.45, 2.75) is 77.9 Å². The lowest BCUT2D eigenvalue weighted by Gasteiger charge is -2.47. The van der Waals surface area contributed by atoms with Gasteiger partial charge in [-0.25, -0.2) is 0 Å². The molecule has 120 valence electrons. The van der Waals surface area contributed by atoms with Gasteiger partial charge in [-0.2, -0.15) is 0 Å². The first kappa shape index (κ1) is 17.9. The van der Waals surface area contributed by atoms with Gasteiger partial charge in [0.15, 0.2) is 0 Å². The molecule has 0 aliphatic heterocycles. The van der Waals surface area contributed by atoms with Gasteiger partial charge in [-0.1, -0.05) is 13.8 Å². The third kappa shape index (κ3) is 5.34. The van der Waals surface area contributed by atoms with E-state index in [1.807, 2.05) is 0 Å². The molecule has 1 aliphatic carbocycles. The Balaban J connectivity index is 2.62. The van der Waals surface area contributed by atoms with Crippen molar-refractivity contribution in [1.82, 2.24) is 4.90 Å². The van der Waals surface area contributed by atoms with Crippen LogP contribution >= 0.6 is 0 Å². The molecule has 0 unspecified atom stereocenters. The molecule has 0 aromatic rings. The number of ether oxygens (including phenoxy) is 1. The van der Waals surface area contributed by atoms with E-state index >= 15 is 0 Å². The Labute approximate surface area is 126 Å². The van der Waals surface area contributed by atoms with Crippen LogP contribution in [-0.4, -0.2) is 42.3 Å². The van der Waals surface area contributed by atoms with E-state index in [2.05, 4.69) is 39.5 Å². The first-order valence-corrected chi connectivity index (χ1v) is 8.42. The Hall–Kier alpha value is -0.120. The van der Waals surface area contributed by atoms with Crippen LogP contribution in [0.15, 0.2) is 0 Å². The summed E-state index contributed by atoms with van der Waals surface area (Å²) in [7, 11) is 0. The molecule has 3 nitrogen and oxygen atoms in total. The molecule has 0 amide bonds. The number of nitrogens with two attached hydrogens (primary N) is 1. The number of nitrogens with zero attached hydrogens (tertiary/aromatic N) is 1. The maximum Gasteiger partial charge on any atom is 0.0600 e. The van der Waals surface area contributed by atoms with Gasteiger partial charge < -0.3 is 10.5 Å². The molecule has 0 bridgehead atoms. The van der Waals surface area contributed by atoms with E-state index in [-0.39, 0.29) is 11.1 Å². The van der Waals surface area contributed by atoms with E-state index in [1.54, 1.807) is 0 Å². The van der Waals surface area contributed by atoms with Crippen molar-refractivity contribution in [3.8, 4) is 0 Å². The van der Waals surface area contributed by atoms with Crippen LogP contribution in [0.4, 0.5) is 0 Å². The third-order valence-electron chi connectivity index (χ3n) is 4.65. The SMILES string of the molecule is CCCN(CCOC(C)(C)C)C1(CN)CCC(C)CC1. The van der Waals surface area contributed by atoms with Crippen LogP contribution in [0.3, 0.4) is 0 Å². The molecule has 3 heteroatoms. The molecule has 2 N–H and O–H groups in total. The highest BCUT2D eigenvalue weighted by Gasteiger charge is 2.37. The molecule has 0 radical (unpaired) electrons. The standard InChI is InChI=1S/C17H36N2O/c1-6-11-19(12-13-20-16(3,4)5)17(14-18)9-7-15(2)8-10-17/h15H,6-14,18H2,1-5H3. The van der Waals surface area contributed by atoms with Gasteiger partial charge in [0, 0.05) is 18.6 Å². The minimum atomic E-state index is -0.0468. The van der Waals surface area contributed by atoms with Gasteiger partial charge in [-0.15, -0.1) is 0 Å². The molecular formula is C17H36N2O. The fourth-order valence-corrected chi connectivity index (χ4v) is 3.27. The van der Waals surface area contributed by atoms with Crippen molar-refractivity contribution in [3.63, 3.8) is 0 Å². The maximum atomic E-state index is 6.19. The topological polar surface area (TPSA) is 38.5 Å². The minimum Gasteiger partial charge on any atom is -0.375 e. The van der Waals surface area contributed by atoms with Gasteiger partial charge in [0.25, 0.3) is 0 Å². The van der Waals surface area contributed by atoms with Crippen molar-refractivity contribution >= 4 is 0 Å². The first-order chi connectivity index (χ1) is 9.33. The van der Waals surface area contributed by atoms with Crippen LogP contribution < -0.4 is 5.73 Å². The zero-order chi connectivity index (χ0) is 15.2. The maximum absolute atomic E-state index is 6.19.